The predicted molar refractivity (Wildman–Crippen MR) is 44.8 cm³/mol. The molecule has 0 aromatic rings. The second kappa shape index (κ2) is 3.78. The molecule has 0 saturated heterocycles. The highest BCUT2D eigenvalue weighted by Crippen LogP contribution is 2.22. The van der Waals surface area contributed by atoms with Crippen LogP contribution in [0.1, 0.15) is 12.8 Å². The van der Waals surface area contributed by atoms with Gasteiger partial charge in [0.1, 0.15) is 0 Å². The normalized spacial score (nSPS) is 24.7. The van der Waals surface area contributed by atoms with Gasteiger partial charge in [0.15, 0.2) is 0 Å². The first-order chi connectivity index (χ1) is 4.43. The molecule has 1 aliphatic rings. The third-order valence-electron chi connectivity index (χ3n) is 1.40. The van der Waals surface area contributed by atoms with Crippen LogP contribution in [0, 0.1) is 0 Å². The molecule has 0 aromatic heterocycles. The van der Waals surface area contributed by atoms with Gasteiger partial charge in [0.2, 0.25) is 0 Å². The standard InChI is InChI=1S/C8H12S/c1-2-7-9-8-5-3-4-6-8/h2-3,5,8H,1,4,6-7H2. The highest BCUT2D eigenvalue weighted by Gasteiger charge is 2.06. The van der Waals surface area contributed by atoms with Crippen LogP contribution in [0.5, 0.6) is 0 Å². The van der Waals surface area contributed by atoms with Crippen molar-refractivity contribution >= 4 is 11.8 Å². The van der Waals surface area contributed by atoms with Crippen LogP contribution in [0.15, 0.2) is 24.8 Å². The summed E-state index contributed by atoms with van der Waals surface area (Å²) in [7, 11) is 0. The van der Waals surface area contributed by atoms with Gasteiger partial charge >= 0.3 is 0 Å². The zero-order valence-electron chi connectivity index (χ0n) is 5.55. The molecule has 1 rings (SSSR count). The van der Waals surface area contributed by atoms with Gasteiger partial charge < -0.3 is 0 Å². The van der Waals surface area contributed by atoms with Crippen LogP contribution in [0.2, 0.25) is 0 Å². The lowest BCUT2D eigenvalue weighted by Crippen LogP contribution is -1.91. The molecular formula is C8H12S. The summed E-state index contributed by atoms with van der Waals surface area (Å²) in [6.07, 6.45) is 9.14. The Morgan fingerprint density at radius 1 is 1.78 bits per heavy atom. The molecule has 1 aliphatic carbocycles. The molecule has 9 heavy (non-hydrogen) atoms. The average Bonchev–Trinajstić information content (AvgIpc) is 2.34. The van der Waals surface area contributed by atoms with E-state index in [1.54, 1.807) is 0 Å². The highest BCUT2D eigenvalue weighted by molar-refractivity contribution is 8.00. The van der Waals surface area contributed by atoms with E-state index in [0.29, 0.717) is 0 Å². The lowest BCUT2D eigenvalue weighted by Gasteiger charge is -2.02. The molecule has 0 saturated carbocycles. The summed E-state index contributed by atoms with van der Waals surface area (Å²) in [4.78, 5) is 0. The van der Waals surface area contributed by atoms with E-state index < -0.39 is 0 Å². The summed E-state index contributed by atoms with van der Waals surface area (Å²) in [5.41, 5.74) is 0. The fourth-order valence-electron chi connectivity index (χ4n) is 0.935. The SMILES string of the molecule is C=CCSC1C=CCC1. The van der Waals surface area contributed by atoms with Gasteiger partial charge in [0, 0.05) is 11.0 Å². The molecule has 0 bridgehead atoms. The molecule has 0 aliphatic heterocycles. The number of rotatable bonds is 3. The van der Waals surface area contributed by atoms with E-state index in [1.807, 2.05) is 17.8 Å². The van der Waals surface area contributed by atoms with Crippen LogP contribution in [-0.2, 0) is 0 Å². The summed E-state index contributed by atoms with van der Waals surface area (Å²) in [5, 5.41) is 0.781. The monoisotopic (exact) mass is 140 g/mol. The molecule has 0 N–H and O–H groups in total. The van der Waals surface area contributed by atoms with Crippen molar-refractivity contribution in [2.24, 2.45) is 0 Å². The number of hydrogen-bond acceptors (Lipinski definition) is 1. The third-order valence-corrected chi connectivity index (χ3v) is 2.65. The number of thioether (sulfide) groups is 1. The summed E-state index contributed by atoms with van der Waals surface area (Å²) in [5.74, 6) is 1.09. The Hall–Kier alpha value is -0.170. The van der Waals surface area contributed by atoms with E-state index >= 15 is 0 Å². The van der Waals surface area contributed by atoms with Gasteiger partial charge in [-0.05, 0) is 12.8 Å². The minimum absolute atomic E-state index is 0.781. The summed E-state index contributed by atoms with van der Waals surface area (Å²) >= 11 is 1.98. The molecule has 0 fully saturated rings. The third kappa shape index (κ3) is 2.27. The maximum Gasteiger partial charge on any atom is 0.0233 e. The van der Waals surface area contributed by atoms with E-state index in [2.05, 4.69) is 18.7 Å². The van der Waals surface area contributed by atoms with Crippen LogP contribution >= 0.6 is 11.8 Å². The van der Waals surface area contributed by atoms with Crippen molar-refractivity contribution in [3.63, 3.8) is 0 Å². The first-order valence-corrected chi connectivity index (χ1v) is 4.37. The zero-order valence-corrected chi connectivity index (χ0v) is 6.36. The van der Waals surface area contributed by atoms with Crippen molar-refractivity contribution in [1.29, 1.82) is 0 Å². The van der Waals surface area contributed by atoms with Crippen molar-refractivity contribution in [2.45, 2.75) is 18.1 Å². The van der Waals surface area contributed by atoms with Crippen LogP contribution in [0.4, 0.5) is 0 Å². The van der Waals surface area contributed by atoms with Crippen molar-refractivity contribution in [1.82, 2.24) is 0 Å². The first-order valence-electron chi connectivity index (χ1n) is 3.32. The molecular weight excluding hydrogens is 128 g/mol. The highest BCUT2D eigenvalue weighted by atomic mass is 32.2. The van der Waals surface area contributed by atoms with Crippen molar-refractivity contribution in [3.05, 3.63) is 24.8 Å². The Morgan fingerprint density at radius 3 is 3.22 bits per heavy atom. The van der Waals surface area contributed by atoms with Crippen LogP contribution in [0.25, 0.3) is 0 Å². The van der Waals surface area contributed by atoms with Crippen molar-refractivity contribution < 1.29 is 0 Å². The fourth-order valence-corrected chi connectivity index (χ4v) is 1.84. The van der Waals surface area contributed by atoms with Gasteiger partial charge in [0.25, 0.3) is 0 Å². The van der Waals surface area contributed by atoms with E-state index in [0.717, 1.165) is 11.0 Å². The van der Waals surface area contributed by atoms with Gasteiger partial charge in [-0.25, -0.2) is 0 Å². The Bertz CT molecular complexity index is 116. The molecule has 0 spiro atoms. The van der Waals surface area contributed by atoms with Gasteiger partial charge in [-0.2, -0.15) is 11.8 Å². The van der Waals surface area contributed by atoms with Gasteiger partial charge in [-0.3, -0.25) is 0 Å². The van der Waals surface area contributed by atoms with E-state index in [-0.39, 0.29) is 0 Å². The Labute approximate surface area is 61.0 Å². The van der Waals surface area contributed by atoms with E-state index in [9.17, 15) is 0 Å². The molecule has 0 radical (unpaired) electrons. The van der Waals surface area contributed by atoms with E-state index in [4.69, 9.17) is 0 Å². The Morgan fingerprint density at radius 2 is 2.67 bits per heavy atom. The molecule has 50 valence electrons. The maximum absolute atomic E-state index is 3.68. The zero-order chi connectivity index (χ0) is 6.53. The molecule has 0 nitrogen and oxygen atoms in total. The van der Waals surface area contributed by atoms with Crippen molar-refractivity contribution in [2.75, 3.05) is 5.75 Å². The second-order valence-electron chi connectivity index (χ2n) is 2.17. The second-order valence-corrected chi connectivity index (χ2v) is 3.44. The summed E-state index contributed by atoms with van der Waals surface area (Å²) in [6, 6.07) is 0. The number of hydrogen-bond donors (Lipinski definition) is 0. The molecule has 1 heteroatoms. The van der Waals surface area contributed by atoms with Gasteiger partial charge in [0.05, 0.1) is 0 Å². The molecule has 1 atom stereocenters. The van der Waals surface area contributed by atoms with Crippen LogP contribution in [-0.4, -0.2) is 11.0 Å². The van der Waals surface area contributed by atoms with Crippen molar-refractivity contribution in [3.8, 4) is 0 Å². The largest absolute Gasteiger partial charge is 0.150 e. The van der Waals surface area contributed by atoms with Crippen LogP contribution < -0.4 is 0 Å². The molecule has 0 amide bonds. The van der Waals surface area contributed by atoms with Gasteiger partial charge in [-0.15, -0.1) is 6.58 Å². The molecule has 0 heterocycles. The fraction of sp³-hybridized carbons (Fsp3) is 0.500. The average molecular weight is 140 g/mol. The molecule has 1 unspecified atom stereocenters. The maximum atomic E-state index is 3.68. The lowest BCUT2D eigenvalue weighted by atomic mass is 10.4. The van der Waals surface area contributed by atoms with E-state index in [1.165, 1.54) is 12.8 Å². The quantitative estimate of drug-likeness (QED) is 0.543. The minimum atomic E-state index is 0.781. The number of allylic oxidation sites excluding steroid dienone is 1. The minimum Gasteiger partial charge on any atom is -0.150 e. The Kier molecular flexibility index (Phi) is 2.92. The lowest BCUT2D eigenvalue weighted by molar-refractivity contribution is 0.945. The van der Waals surface area contributed by atoms with Gasteiger partial charge in [-0.1, -0.05) is 18.2 Å². The first kappa shape index (κ1) is 6.94. The van der Waals surface area contributed by atoms with Crippen LogP contribution in [0.3, 0.4) is 0 Å². The summed E-state index contributed by atoms with van der Waals surface area (Å²) in [6.45, 7) is 3.68. The Balaban J connectivity index is 2.12. The predicted octanol–water partition coefficient (Wildman–Crippen LogP) is 2.62. The summed E-state index contributed by atoms with van der Waals surface area (Å²) < 4.78 is 0. The molecule has 0 aromatic carbocycles. The smallest absolute Gasteiger partial charge is 0.0233 e. The topological polar surface area (TPSA) is 0 Å².